The minimum Gasteiger partial charge on any atom is -0.334 e. The van der Waals surface area contributed by atoms with Gasteiger partial charge < -0.3 is 15.1 Å². The number of urea groups is 1. The molecule has 5 heteroatoms. The fourth-order valence-electron chi connectivity index (χ4n) is 4.30. The van der Waals surface area contributed by atoms with Crippen LogP contribution in [0.5, 0.6) is 0 Å². The molecule has 4 rings (SSSR count). The largest absolute Gasteiger partial charge is 0.334 e. The van der Waals surface area contributed by atoms with Crippen LogP contribution in [0.2, 0.25) is 0 Å². The number of aromatic nitrogens is 1. The van der Waals surface area contributed by atoms with Gasteiger partial charge in [0.1, 0.15) is 0 Å². The van der Waals surface area contributed by atoms with Crippen LogP contribution in [0.1, 0.15) is 37.7 Å². The van der Waals surface area contributed by atoms with E-state index in [0.717, 1.165) is 42.4 Å². The lowest BCUT2D eigenvalue weighted by Crippen LogP contribution is -2.52. The standard InChI is InChI=1S/C21H28N4O/c26-21(23-15-17-10-11-22-20-9-2-1-8-19(17)20)25-14-4-3-7-18(25)16-24-12-5-6-13-24/h1-2,8-11,18H,3-7,12-16H2,(H,23,26)/t18-/m1/s1. The minimum absolute atomic E-state index is 0.0785. The van der Waals surface area contributed by atoms with Crippen LogP contribution in [-0.4, -0.2) is 53.0 Å². The Morgan fingerprint density at radius 2 is 1.88 bits per heavy atom. The summed E-state index contributed by atoms with van der Waals surface area (Å²) in [5, 5.41) is 4.27. The fourth-order valence-corrected chi connectivity index (χ4v) is 4.30. The summed E-state index contributed by atoms with van der Waals surface area (Å²) in [6.45, 7) is 4.84. The smallest absolute Gasteiger partial charge is 0.317 e. The number of amides is 2. The molecular weight excluding hydrogens is 324 g/mol. The lowest BCUT2D eigenvalue weighted by molar-refractivity contribution is 0.127. The molecule has 0 saturated carbocycles. The van der Waals surface area contributed by atoms with Crippen LogP contribution in [0.3, 0.4) is 0 Å². The lowest BCUT2D eigenvalue weighted by atomic mass is 10.0. The first-order chi connectivity index (χ1) is 12.8. The summed E-state index contributed by atoms with van der Waals surface area (Å²) in [7, 11) is 0. The fraction of sp³-hybridized carbons (Fsp3) is 0.524. The van der Waals surface area contributed by atoms with E-state index < -0.39 is 0 Å². The number of hydrogen-bond donors (Lipinski definition) is 1. The first-order valence-corrected chi connectivity index (χ1v) is 9.91. The van der Waals surface area contributed by atoms with Gasteiger partial charge >= 0.3 is 6.03 Å². The maximum Gasteiger partial charge on any atom is 0.317 e. The highest BCUT2D eigenvalue weighted by Crippen LogP contribution is 2.21. The number of piperidine rings is 1. The van der Waals surface area contributed by atoms with Gasteiger partial charge in [-0.05, 0) is 62.9 Å². The van der Waals surface area contributed by atoms with Crippen LogP contribution in [0.25, 0.3) is 10.9 Å². The van der Waals surface area contributed by atoms with E-state index in [1.54, 1.807) is 0 Å². The molecule has 26 heavy (non-hydrogen) atoms. The average molecular weight is 352 g/mol. The molecule has 0 spiro atoms. The van der Waals surface area contributed by atoms with Crippen molar-refractivity contribution in [1.29, 1.82) is 0 Å². The zero-order chi connectivity index (χ0) is 17.8. The zero-order valence-electron chi connectivity index (χ0n) is 15.4. The van der Waals surface area contributed by atoms with Crippen molar-refractivity contribution in [2.24, 2.45) is 0 Å². The van der Waals surface area contributed by atoms with Crippen molar-refractivity contribution in [3.05, 3.63) is 42.1 Å². The maximum absolute atomic E-state index is 12.9. The maximum atomic E-state index is 12.9. The molecule has 2 aliphatic rings. The van der Waals surface area contributed by atoms with Gasteiger partial charge in [-0.1, -0.05) is 18.2 Å². The van der Waals surface area contributed by atoms with Crippen LogP contribution < -0.4 is 5.32 Å². The Morgan fingerprint density at radius 3 is 2.77 bits per heavy atom. The number of pyridine rings is 1. The van der Waals surface area contributed by atoms with E-state index >= 15 is 0 Å². The second-order valence-corrected chi connectivity index (χ2v) is 7.50. The second kappa shape index (κ2) is 8.04. The first-order valence-electron chi connectivity index (χ1n) is 9.91. The highest BCUT2D eigenvalue weighted by molar-refractivity contribution is 5.82. The second-order valence-electron chi connectivity index (χ2n) is 7.50. The Balaban J connectivity index is 1.41. The molecule has 0 radical (unpaired) electrons. The molecule has 1 aromatic carbocycles. The number of hydrogen-bond acceptors (Lipinski definition) is 3. The van der Waals surface area contributed by atoms with E-state index in [1.807, 2.05) is 30.5 Å². The summed E-state index contributed by atoms with van der Waals surface area (Å²) in [4.78, 5) is 21.9. The van der Waals surface area contributed by atoms with Crippen LogP contribution >= 0.6 is 0 Å². The van der Waals surface area contributed by atoms with Gasteiger partial charge in [0.15, 0.2) is 0 Å². The van der Waals surface area contributed by atoms with Crippen molar-refractivity contribution in [2.45, 2.75) is 44.7 Å². The van der Waals surface area contributed by atoms with E-state index in [2.05, 4.69) is 26.2 Å². The van der Waals surface area contributed by atoms with Crippen molar-refractivity contribution >= 4 is 16.9 Å². The molecule has 2 fully saturated rings. The number of carbonyl (C=O) groups is 1. The Morgan fingerprint density at radius 1 is 1.08 bits per heavy atom. The minimum atomic E-state index is 0.0785. The molecule has 0 unspecified atom stereocenters. The van der Waals surface area contributed by atoms with E-state index in [0.29, 0.717) is 12.6 Å². The summed E-state index contributed by atoms with van der Waals surface area (Å²) in [5.41, 5.74) is 2.10. The van der Waals surface area contributed by atoms with Gasteiger partial charge in [-0.2, -0.15) is 0 Å². The quantitative estimate of drug-likeness (QED) is 0.917. The number of likely N-dealkylation sites (tertiary alicyclic amines) is 2. The number of para-hydroxylation sites is 1. The average Bonchev–Trinajstić information content (AvgIpc) is 3.19. The van der Waals surface area contributed by atoms with Gasteiger partial charge in [-0.15, -0.1) is 0 Å². The predicted molar refractivity (Wildman–Crippen MR) is 104 cm³/mol. The third-order valence-electron chi connectivity index (χ3n) is 5.73. The van der Waals surface area contributed by atoms with Gasteiger partial charge in [0, 0.05) is 37.3 Å². The number of carbonyl (C=O) groups excluding carboxylic acids is 1. The number of benzene rings is 1. The lowest BCUT2D eigenvalue weighted by Gasteiger charge is -2.37. The van der Waals surface area contributed by atoms with E-state index in [-0.39, 0.29) is 6.03 Å². The van der Waals surface area contributed by atoms with E-state index in [4.69, 9.17) is 0 Å². The van der Waals surface area contributed by atoms with Gasteiger partial charge in [-0.3, -0.25) is 4.98 Å². The summed E-state index contributed by atoms with van der Waals surface area (Å²) in [5.74, 6) is 0. The van der Waals surface area contributed by atoms with Crippen LogP contribution in [0.4, 0.5) is 4.79 Å². The number of fused-ring (bicyclic) bond motifs is 1. The predicted octanol–water partition coefficient (Wildman–Crippen LogP) is 3.39. The molecule has 2 aromatic rings. The van der Waals surface area contributed by atoms with Crippen LogP contribution in [0.15, 0.2) is 36.5 Å². The molecule has 2 aliphatic heterocycles. The van der Waals surface area contributed by atoms with Crippen molar-refractivity contribution in [2.75, 3.05) is 26.2 Å². The Bertz CT molecular complexity index is 751. The summed E-state index contributed by atoms with van der Waals surface area (Å²) in [6.07, 6.45) is 7.89. The topological polar surface area (TPSA) is 48.5 Å². The molecule has 2 saturated heterocycles. The molecule has 1 N–H and O–H groups in total. The molecule has 1 atom stereocenters. The number of rotatable bonds is 4. The number of nitrogens with zero attached hydrogens (tertiary/aromatic N) is 3. The molecule has 3 heterocycles. The van der Waals surface area contributed by atoms with E-state index in [9.17, 15) is 4.79 Å². The molecule has 5 nitrogen and oxygen atoms in total. The summed E-state index contributed by atoms with van der Waals surface area (Å²) < 4.78 is 0. The highest BCUT2D eigenvalue weighted by atomic mass is 16.2. The molecule has 2 amide bonds. The normalized spacial score (nSPS) is 21.2. The van der Waals surface area contributed by atoms with Gasteiger partial charge in [-0.25, -0.2) is 4.79 Å². The first kappa shape index (κ1) is 17.3. The van der Waals surface area contributed by atoms with Crippen LogP contribution in [-0.2, 0) is 6.54 Å². The molecular formula is C21H28N4O. The Kier molecular flexibility index (Phi) is 5.34. The van der Waals surface area contributed by atoms with Crippen molar-refractivity contribution in [3.8, 4) is 0 Å². The van der Waals surface area contributed by atoms with Gasteiger partial charge in [0.05, 0.1) is 5.52 Å². The highest BCUT2D eigenvalue weighted by Gasteiger charge is 2.28. The van der Waals surface area contributed by atoms with Crippen molar-refractivity contribution in [1.82, 2.24) is 20.1 Å². The van der Waals surface area contributed by atoms with Crippen molar-refractivity contribution in [3.63, 3.8) is 0 Å². The molecule has 138 valence electrons. The van der Waals surface area contributed by atoms with E-state index in [1.165, 1.54) is 32.4 Å². The Labute approximate surface area is 155 Å². The summed E-state index contributed by atoms with van der Waals surface area (Å²) >= 11 is 0. The summed E-state index contributed by atoms with van der Waals surface area (Å²) in [6, 6.07) is 10.5. The third-order valence-corrected chi connectivity index (χ3v) is 5.73. The van der Waals surface area contributed by atoms with Gasteiger partial charge in [0.25, 0.3) is 0 Å². The monoisotopic (exact) mass is 352 g/mol. The zero-order valence-corrected chi connectivity index (χ0v) is 15.4. The van der Waals surface area contributed by atoms with Gasteiger partial charge in [0.2, 0.25) is 0 Å². The SMILES string of the molecule is O=C(NCc1ccnc2ccccc12)N1CCCC[C@@H]1CN1CCCC1. The van der Waals surface area contributed by atoms with Crippen LogP contribution in [0, 0.1) is 0 Å². The molecule has 1 aromatic heterocycles. The Hall–Kier alpha value is -2.14. The number of nitrogens with one attached hydrogen (secondary N) is 1. The third kappa shape index (κ3) is 3.83. The van der Waals surface area contributed by atoms with Crippen molar-refractivity contribution < 1.29 is 4.79 Å². The molecule has 0 aliphatic carbocycles. The molecule has 0 bridgehead atoms.